The summed E-state index contributed by atoms with van der Waals surface area (Å²) in [6.45, 7) is 6.80. The average molecular weight is 285 g/mol. The highest BCUT2D eigenvalue weighted by atomic mass is 32.2. The van der Waals surface area contributed by atoms with Crippen LogP contribution in [-0.2, 0) is 18.3 Å². The van der Waals surface area contributed by atoms with Crippen molar-refractivity contribution in [2.24, 2.45) is 0 Å². The van der Waals surface area contributed by atoms with Crippen LogP contribution in [0.1, 0.15) is 37.6 Å². The maximum Gasteiger partial charge on any atom is 0.0410 e. The van der Waals surface area contributed by atoms with Crippen molar-refractivity contribution in [3.8, 4) is 0 Å². The van der Waals surface area contributed by atoms with Crippen LogP contribution in [0.4, 0.5) is 0 Å². The van der Waals surface area contributed by atoms with E-state index >= 15 is 0 Å². The molecular formula is C18H23NS. The van der Waals surface area contributed by atoms with Gasteiger partial charge in [0.2, 0.25) is 0 Å². The second-order valence-electron chi connectivity index (χ2n) is 6.11. The average Bonchev–Trinajstić information content (AvgIpc) is 2.45. The van der Waals surface area contributed by atoms with Crippen molar-refractivity contribution >= 4 is 11.8 Å². The lowest BCUT2D eigenvalue weighted by atomic mass is 9.87. The molecule has 0 fully saturated rings. The van der Waals surface area contributed by atoms with Crippen LogP contribution in [0.15, 0.2) is 47.5 Å². The van der Waals surface area contributed by atoms with Gasteiger partial charge in [-0.25, -0.2) is 0 Å². The SMILES string of the molecule is CSc1cnc(CCc2ccccc2)cc1C(C)(C)C. The zero-order valence-corrected chi connectivity index (χ0v) is 13.6. The minimum Gasteiger partial charge on any atom is -0.260 e. The summed E-state index contributed by atoms with van der Waals surface area (Å²) in [5.74, 6) is 0. The van der Waals surface area contributed by atoms with Gasteiger partial charge in [0, 0.05) is 16.8 Å². The van der Waals surface area contributed by atoms with E-state index in [9.17, 15) is 0 Å². The first-order chi connectivity index (χ1) is 9.50. The molecule has 2 aromatic rings. The number of hydrogen-bond acceptors (Lipinski definition) is 2. The smallest absolute Gasteiger partial charge is 0.0410 e. The molecule has 0 radical (unpaired) electrons. The molecular weight excluding hydrogens is 262 g/mol. The van der Waals surface area contributed by atoms with E-state index in [-0.39, 0.29) is 5.41 Å². The highest BCUT2D eigenvalue weighted by Crippen LogP contribution is 2.31. The van der Waals surface area contributed by atoms with E-state index in [0.717, 1.165) is 12.8 Å². The molecule has 0 saturated heterocycles. The molecule has 1 aromatic carbocycles. The lowest BCUT2D eigenvalue weighted by molar-refractivity contribution is 0.574. The summed E-state index contributed by atoms with van der Waals surface area (Å²) in [6, 6.07) is 12.9. The van der Waals surface area contributed by atoms with E-state index in [2.05, 4.69) is 68.4 Å². The predicted octanol–water partition coefficient (Wildman–Crippen LogP) is 4.89. The topological polar surface area (TPSA) is 12.9 Å². The third-order valence-corrected chi connectivity index (χ3v) is 4.23. The van der Waals surface area contributed by atoms with Gasteiger partial charge in [0.15, 0.2) is 0 Å². The minimum absolute atomic E-state index is 0.169. The summed E-state index contributed by atoms with van der Waals surface area (Å²) >= 11 is 1.78. The molecule has 0 bridgehead atoms. The molecule has 1 nitrogen and oxygen atoms in total. The molecule has 0 N–H and O–H groups in total. The van der Waals surface area contributed by atoms with Gasteiger partial charge in [0.1, 0.15) is 0 Å². The van der Waals surface area contributed by atoms with E-state index in [1.165, 1.54) is 21.7 Å². The molecule has 1 heterocycles. The third kappa shape index (κ3) is 3.86. The van der Waals surface area contributed by atoms with Crippen LogP contribution < -0.4 is 0 Å². The molecule has 0 aliphatic heterocycles. The quantitative estimate of drug-likeness (QED) is 0.742. The van der Waals surface area contributed by atoms with E-state index < -0.39 is 0 Å². The molecule has 20 heavy (non-hydrogen) atoms. The predicted molar refractivity (Wildman–Crippen MR) is 88.6 cm³/mol. The van der Waals surface area contributed by atoms with E-state index in [0.29, 0.717) is 0 Å². The third-order valence-electron chi connectivity index (χ3n) is 3.46. The van der Waals surface area contributed by atoms with Gasteiger partial charge in [-0.05, 0) is 41.7 Å². The van der Waals surface area contributed by atoms with Crippen LogP contribution in [0.2, 0.25) is 0 Å². The van der Waals surface area contributed by atoms with Crippen LogP contribution in [0.3, 0.4) is 0 Å². The van der Waals surface area contributed by atoms with Gasteiger partial charge in [0.25, 0.3) is 0 Å². The number of thioether (sulfide) groups is 1. The largest absolute Gasteiger partial charge is 0.260 e. The molecule has 0 aliphatic carbocycles. The van der Waals surface area contributed by atoms with Gasteiger partial charge in [-0.15, -0.1) is 11.8 Å². The molecule has 0 saturated carbocycles. The molecule has 0 aliphatic rings. The van der Waals surface area contributed by atoms with Crippen molar-refractivity contribution in [3.05, 3.63) is 59.4 Å². The Balaban J connectivity index is 2.17. The number of rotatable bonds is 4. The first-order valence-corrected chi connectivity index (χ1v) is 8.30. The molecule has 2 rings (SSSR count). The van der Waals surface area contributed by atoms with Crippen molar-refractivity contribution in [2.75, 3.05) is 6.26 Å². The maximum absolute atomic E-state index is 4.62. The van der Waals surface area contributed by atoms with Gasteiger partial charge in [0.05, 0.1) is 0 Å². The number of pyridine rings is 1. The first-order valence-electron chi connectivity index (χ1n) is 7.08. The summed E-state index contributed by atoms with van der Waals surface area (Å²) in [5.41, 5.74) is 4.14. The number of benzene rings is 1. The van der Waals surface area contributed by atoms with Gasteiger partial charge in [-0.2, -0.15) is 0 Å². The molecule has 0 unspecified atom stereocenters. The Labute approximate surface area is 126 Å². The first kappa shape index (κ1) is 15.1. The van der Waals surface area contributed by atoms with Gasteiger partial charge >= 0.3 is 0 Å². The Morgan fingerprint density at radius 1 is 1.05 bits per heavy atom. The fraction of sp³-hybridized carbons (Fsp3) is 0.389. The van der Waals surface area contributed by atoms with Gasteiger partial charge in [-0.1, -0.05) is 51.1 Å². The number of hydrogen-bond donors (Lipinski definition) is 0. The van der Waals surface area contributed by atoms with Crippen LogP contribution in [0.5, 0.6) is 0 Å². The van der Waals surface area contributed by atoms with Gasteiger partial charge < -0.3 is 0 Å². The van der Waals surface area contributed by atoms with E-state index in [1.54, 1.807) is 11.8 Å². The zero-order valence-electron chi connectivity index (χ0n) is 12.8. The lowest BCUT2D eigenvalue weighted by Gasteiger charge is -2.22. The van der Waals surface area contributed by atoms with Crippen molar-refractivity contribution < 1.29 is 0 Å². The summed E-state index contributed by atoms with van der Waals surface area (Å²) in [6.07, 6.45) is 6.21. The van der Waals surface area contributed by atoms with Crippen LogP contribution in [0.25, 0.3) is 0 Å². The zero-order chi connectivity index (χ0) is 14.6. The Kier molecular flexibility index (Phi) is 4.87. The molecule has 0 spiro atoms. The van der Waals surface area contributed by atoms with Gasteiger partial charge in [-0.3, -0.25) is 4.98 Å². The molecule has 106 valence electrons. The van der Waals surface area contributed by atoms with Crippen molar-refractivity contribution in [2.45, 2.75) is 43.9 Å². The van der Waals surface area contributed by atoms with Crippen LogP contribution in [0, 0.1) is 0 Å². The molecule has 0 atom stereocenters. The highest BCUT2D eigenvalue weighted by molar-refractivity contribution is 7.98. The Hall–Kier alpha value is -1.28. The number of aryl methyl sites for hydroxylation is 2. The molecule has 2 heteroatoms. The second-order valence-corrected chi connectivity index (χ2v) is 6.96. The summed E-state index contributed by atoms with van der Waals surface area (Å²) < 4.78 is 0. The summed E-state index contributed by atoms with van der Waals surface area (Å²) in [4.78, 5) is 5.91. The maximum atomic E-state index is 4.62. The fourth-order valence-corrected chi connectivity index (χ4v) is 3.03. The second kappa shape index (κ2) is 6.45. The normalized spacial score (nSPS) is 11.6. The van der Waals surface area contributed by atoms with Crippen molar-refractivity contribution in [1.29, 1.82) is 0 Å². The summed E-state index contributed by atoms with van der Waals surface area (Å²) in [7, 11) is 0. The highest BCUT2D eigenvalue weighted by Gasteiger charge is 2.18. The summed E-state index contributed by atoms with van der Waals surface area (Å²) in [5, 5.41) is 0. The van der Waals surface area contributed by atoms with Crippen LogP contribution in [-0.4, -0.2) is 11.2 Å². The minimum atomic E-state index is 0.169. The molecule has 1 aromatic heterocycles. The Morgan fingerprint density at radius 3 is 2.35 bits per heavy atom. The number of nitrogens with zero attached hydrogens (tertiary/aromatic N) is 1. The van der Waals surface area contributed by atoms with Crippen molar-refractivity contribution in [3.63, 3.8) is 0 Å². The monoisotopic (exact) mass is 285 g/mol. The fourth-order valence-electron chi connectivity index (χ4n) is 2.29. The lowest BCUT2D eigenvalue weighted by Crippen LogP contribution is -2.14. The number of aromatic nitrogens is 1. The molecule has 0 amide bonds. The Bertz CT molecular complexity index is 555. The van der Waals surface area contributed by atoms with E-state index in [4.69, 9.17) is 0 Å². The Morgan fingerprint density at radius 2 is 1.75 bits per heavy atom. The van der Waals surface area contributed by atoms with Crippen LogP contribution >= 0.6 is 11.8 Å². The van der Waals surface area contributed by atoms with Crippen molar-refractivity contribution in [1.82, 2.24) is 4.98 Å². The standard InChI is InChI=1S/C18H23NS/c1-18(2,3)16-12-15(19-13-17(16)20-4)11-10-14-8-6-5-7-9-14/h5-9,12-13H,10-11H2,1-4H3. The van der Waals surface area contributed by atoms with E-state index in [1.807, 2.05) is 6.20 Å².